The second-order valence-corrected chi connectivity index (χ2v) is 13.9. The molecule has 2 aromatic carbocycles. The molecule has 1 saturated carbocycles. The molecule has 5 rings (SSSR count). The number of rotatable bonds is 12. The van der Waals surface area contributed by atoms with E-state index in [0.717, 1.165) is 76.3 Å². The van der Waals surface area contributed by atoms with E-state index in [0.29, 0.717) is 19.5 Å². The number of Topliss-reactive ketones (excluding diaryl/α,β-unsaturated/α-hetero) is 2. The first-order valence-corrected chi connectivity index (χ1v) is 18.3. The second kappa shape index (κ2) is 20.2. The lowest BCUT2D eigenvalue weighted by atomic mass is 10.0. The lowest BCUT2D eigenvalue weighted by Gasteiger charge is -2.31. The monoisotopic (exact) mass is 704 g/mol. The van der Waals surface area contributed by atoms with Crippen LogP contribution in [0.15, 0.2) is 60.7 Å². The zero-order valence-electron chi connectivity index (χ0n) is 29.6. The van der Waals surface area contributed by atoms with Crippen molar-refractivity contribution < 1.29 is 38.2 Å². The summed E-state index contributed by atoms with van der Waals surface area (Å²) in [6.07, 6.45) is 1.38. The Labute approximate surface area is 301 Å². The molecule has 12 heteroatoms. The van der Waals surface area contributed by atoms with Crippen LogP contribution in [0.2, 0.25) is 0 Å². The molecule has 2 heterocycles. The van der Waals surface area contributed by atoms with Crippen LogP contribution in [-0.2, 0) is 51.4 Å². The van der Waals surface area contributed by atoms with Crippen molar-refractivity contribution in [1.82, 2.24) is 19.6 Å². The number of ketones is 2. The quantitative estimate of drug-likeness (QED) is 0.183. The highest BCUT2D eigenvalue weighted by Gasteiger charge is 2.36. The van der Waals surface area contributed by atoms with Crippen molar-refractivity contribution in [3.8, 4) is 0 Å². The molecule has 12 nitrogen and oxygen atoms in total. The van der Waals surface area contributed by atoms with Crippen LogP contribution in [0.4, 0.5) is 0 Å². The predicted octanol–water partition coefficient (Wildman–Crippen LogP) is 2.73. The number of hydrogen-bond donors (Lipinski definition) is 0. The number of carbonyl (C=O) groups excluding carboxylic acids is 5. The first-order valence-electron chi connectivity index (χ1n) is 18.3. The number of nitrogens with zero attached hydrogens (tertiary/aromatic N) is 4. The van der Waals surface area contributed by atoms with Crippen molar-refractivity contribution in [3.63, 3.8) is 0 Å². The Bertz CT molecular complexity index is 1340. The average molecular weight is 705 g/mol. The fourth-order valence-corrected chi connectivity index (χ4v) is 6.97. The Kier molecular flexibility index (Phi) is 15.1. The van der Waals surface area contributed by atoms with Gasteiger partial charge in [-0.1, -0.05) is 60.7 Å². The molecule has 276 valence electrons. The number of fused-ring (bicyclic) bond motifs is 4. The SMILES string of the molecule is O=C(CN1CCCN2CCN(CC(=O)OCc3ccccc3)CCCN(CC1)CC(CCC(=O)OC1C(=O)CCC1=O)C2)OCc1ccccc1. The lowest BCUT2D eigenvalue weighted by molar-refractivity contribution is -0.157. The molecule has 2 aromatic rings. The van der Waals surface area contributed by atoms with Gasteiger partial charge in [-0.15, -0.1) is 0 Å². The van der Waals surface area contributed by atoms with E-state index in [1.807, 2.05) is 60.7 Å². The fraction of sp³-hybridized carbons (Fsp3) is 0.564. The summed E-state index contributed by atoms with van der Waals surface area (Å²) in [7, 11) is 0. The summed E-state index contributed by atoms with van der Waals surface area (Å²) in [6.45, 7) is 8.31. The van der Waals surface area contributed by atoms with Gasteiger partial charge in [-0.2, -0.15) is 0 Å². The van der Waals surface area contributed by atoms with Crippen LogP contribution >= 0.6 is 0 Å². The van der Waals surface area contributed by atoms with Crippen LogP contribution in [0.3, 0.4) is 0 Å². The van der Waals surface area contributed by atoms with Gasteiger partial charge in [0.25, 0.3) is 0 Å². The molecule has 2 saturated heterocycles. The largest absolute Gasteiger partial charge is 0.460 e. The molecule has 3 aliphatic rings. The Morgan fingerprint density at radius 1 is 0.588 bits per heavy atom. The van der Waals surface area contributed by atoms with Crippen molar-refractivity contribution in [2.75, 3.05) is 78.5 Å². The fourth-order valence-electron chi connectivity index (χ4n) is 6.97. The minimum atomic E-state index is -1.25. The van der Waals surface area contributed by atoms with Crippen LogP contribution < -0.4 is 0 Å². The second-order valence-electron chi connectivity index (χ2n) is 13.9. The van der Waals surface area contributed by atoms with Crippen LogP contribution in [0.1, 0.15) is 49.7 Å². The number of benzene rings is 2. The molecule has 0 radical (unpaired) electrons. The van der Waals surface area contributed by atoms with Gasteiger partial charge in [-0.05, 0) is 49.4 Å². The molecule has 2 atom stereocenters. The normalized spacial score (nSPS) is 22.9. The predicted molar refractivity (Wildman–Crippen MR) is 189 cm³/mol. The van der Waals surface area contributed by atoms with E-state index in [-0.39, 0.29) is 75.0 Å². The number of ether oxygens (including phenoxy) is 3. The maximum Gasteiger partial charge on any atom is 0.320 e. The first kappa shape index (κ1) is 38.3. The average Bonchev–Trinajstić information content (AvgIpc) is 3.42. The van der Waals surface area contributed by atoms with Crippen molar-refractivity contribution in [1.29, 1.82) is 0 Å². The summed E-state index contributed by atoms with van der Waals surface area (Å²) in [6, 6.07) is 19.3. The smallest absolute Gasteiger partial charge is 0.320 e. The molecule has 3 fully saturated rings. The number of carbonyl (C=O) groups is 5. The highest BCUT2D eigenvalue weighted by atomic mass is 16.6. The van der Waals surface area contributed by atoms with Crippen LogP contribution in [0, 0.1) is 5.92 Å². The van der Waals surface area contributed by atoms with Crippen LogP contribution in [-0.4, -0.2) is 134 Å². The van der Waals surface area contributed by atoms with E-state index in [1.54, 1.807) is 0 Å². The molecule has 2 aliphatic heterocycles. The topological polar surface area (TPSA) is 126 Å². The highest BCUT2D eigenvalue weighted by Crippen LogP contribution is 2.19. The van der Waals surface area contributed by atoms with Crippen LogP contribution in [0.5, 0.6) is 0 Å². The van der Waals surface area contributed by atoms with E-state index < -0.39 is 12.1 Å². The zero-order chi connectivity index (χ0) is 35.8. The molecule has 0 aromatic heterocycles. The van der Waals surface area contributed by atoms with Gasteiger partial charge < -0.3 is 24.0 Å². The van der Waals surface area contributed by atoms with E-state index in [4.69, 9.17) is 14.2 Å². The summed E-state index contributed by atoms with van der Waals surface area (Å²) < 4.78 is 16.6. The van der Waals surface area contributed by atoms with Crippen molar-refractivity contribution >= 4 is 29.5 Å². The standard InChI is InChI=1S/C39H52N4O8/c44-34-14-15-35(45)39(34)51-36(46)16-13-33-25-40-18-8-20-43(28-38(48)50-30-32-11-5-2-6-12-32)24-22-41(26-33)17-7-19-42(23-21-40)27-37(47)49-29-31-9-3-1-4-10-31/h1-6,9-12,33,39H,7-8,13-30H2. The zero-order valence-corrected chi connectivity index (χ0v) is 29.6. The molecule has 51 heavy (non-hydrogen) atoms. The third-order valence-electron chi connectivity index (χ3n) is 9.79. The summed E-state index contributed by atoms with van der Waals surface area (Å²) in [5.41, 5.74) is 1.91. The van der Waals surface area contributed by atoms with Crippen LogP contribution in [0.25, 0.3) is 0 Å². The van der Waals surface area contributed by atoms with Gasteiger partial charge >= 0.3 is 17.9 Å². The molecule has 2 bridgehead atoms. The Morgan fingerprint density at radius 3 is 1.53 bits per heavy atom. The molecule has 0 spiro atoms. The molecular weight excluding hydrogens is 652 g/mol. The van der Waals surface area contributed by atoms with Gasteiger partial charge in [0.05, 0.1) is 13.1 Å². The lowest BCUT2D eigenvalue weighted by Crippen LogP contribution is -2.42. The number of esters is 3. The van der Waals surface area contributed by atoms with Gasteiger partial charge in [0.2, 0.25) is 6.10 Å². The van der Waals surface area contributed by atoms with E-state index in [9.17, 15) is 24.0 Å². The van der Waals surface area contributed by atoms with Crippen molar-refractivity contribution in [2.24, 2.45) is 5.92 Å². The molecular formula is C39H52N4O8. The molecule has 0 amide bonds. The van der Waals surface area contributed by atoms with Crippen molar-refractivity contribution in [3.05, 3.63) is 71.8 Å². The van der Waals surface area contributed by atoms with E-state index >= 15 is 0 Å². The first-order chi connectivity index (χ1) is 24.8. The molecule has 2 unspecified atom stereocenters. The molecule has 0 N–H and O–H groups in total. The Balaban J connectivity index is 1.21. The van der Waals surface area contributed by atoms with E-state index in [1.165, 1.54) is 0 Å². The molecule has 1 aliphatic carbocycles. The maximum atomic E-state index is 12.9. The minimum Gasteiger partial charge on any atom is -0.460 e. The minimum absolute atomic E-state index is 0.127. The summed E-state index contributed by atoms with van der Waals surface area (Å²) in [5.74, 6) is -1.51. The van der Waals surface area contributed by atoms with Gasteiger partial charge in [0, 0.05) is 71.6 Å². The van der Waals surface area contributed by atoms with Gasteiger partial charge in [-0.3, -0.25) is 33.8 Å². The Morgan fingerprint density at radius 2 is 1.06 bits per heavy atom. The third-order valence-corrected chi connectivity index (χ3v) is 9.79. The van der Waals surface area contributed by atoms with Gasteiger partial charge in [0.15, 0.2) is 11.6 Å². The van der Waals surface area contributed by atoms with E-state index in [2.05, 4.69) is 19.6 Å². The summed E-state index contributed by atoms with van der Waals surface area (Å²) >= 11 is 0. The summed E-state index contributed by atoms with van der Waals surface area (Å²) in [5, 5.41) is 0. The van der Waals surface area contributed by atoms with Gasteiger partial charge in [-0.25, -0.2) is 0 Å². The third kappa shape index (κ3) is 13.3. The summed E-state index contributed by atoms with van der Waals surface area (Å²) in [4.78, 5) is 71.8. The van der Waals surface area contributed by atoms with Gasteiger partial charge in [0.1, 0.15) is 13.2 Å². The maximum absolute atomic E-state index is 12.9. The number of hydrogen-bond acceptors (Lipinski definition) is 12. The highest BCUT2D eigenvalue weighted by molar-refractivity contribution is 6.12. The Hall–Kier alpha value is -3.97. The van der Waals surface area contributed by atoms with Crippen molar-refractivity contribution in [2.45, 2.75) is 57.8 Å².